The summed E-state index contributed by atoms with van der Waals surface area (Å²) in [6, 6.07) is 24.1. The number of methoxy groups -OCH3 is 1. The predicted octanol–water partition coefficient (Wildman–Crippen LogP) is 6.88. The summed E-state index contributed by atoms with van der Waals surface area (Å²) in [5.74, 6) is 0.247. The topological polar surface area (TPSA) is 69.0 Å². The van der Waals surface area contributed by atoms with Crippen LogP contribution in [0.4, 0.5) is 4.39 Å². The Kier molecular flexibility index (Phi) is 6.79. The molecule has 1 aliphatic heterocycles. The molecule has 6 rings (SSSR count). The number of ether oxygens (including phenoxy) is 2. The molecule has 0 radical (unpaired) electrons. The van der Waals surface area contributed by atoms with Crippen molar-refractivity contribution in [2.45, 2.75) is 33.0 Å². The van der Waals surface area contributed by atoms with Crippen molar-refractivity contribution in [3.8, 4) is 11.5 Å². The number of carbonyl (C=O) groups is 1. The minimum Gasteiger partial charge on any atom is -0.493 e. The summed E-state index contributed by atoms with van der Waals surface area (Å²) in [5, 5.41) is 0.428. The molecule has 5 aromatic rings. The number of aryl methyl sites for hydroxylation is 2. The standard InChI is InChI=1S/C34H28FNO5/c1-20-15-21(2)32-26(16-20)31(37)29-30(36(34(38)33(29)41-32)18-22-9-12-25(35)13-10-22)24-11-14-27(28(17-24)39-3)40-19-23-7-5-4-6-8-23/h4-17,30H,18-19H2,1-3H3. The van der Waals surface area contributed by atoms with Gasteiger partial charge in [0.05, 0.1) is 24.1 Å². The summed E-state index contributed by atoms with van der Waals surface area (Å²) in [7, 11) is 1.55. The Hall–Kier alpha value is -4.91. The van der Waals surface area contributed by atoms with E-state index in [-0.39, 0.29) is 29.1 Å². The third-order valence-corrected chi connectivity index (χ3v) is 7.40. The Morgan fingerprint density at radius 2 is 1.63 bits per heavy atom. The van der Waals surface area contributed by atoms with Crippen LogP contribution >= 0.6 is 0 Å². The molecule has 1 aromatic heterocycles. The maximum atomic E-state index is 14.0. The van der Waals surface area contributed by atoms with Gasteiger partial charge in [-0.25, -0.2) is 4.39 Å². The monoisotopic (exact) mass is 549 g/mol. The highest BCUT2D eigenvalue weighted by Gasteiger charge is 2.43. The van der Waals surface area contributed by atoms with Crippen molar-refractivity contribution in [1.82, 2.24) is 4.90 Å². The van der Waals surface area contributed by atoms with E-state index in [9.17, 15) is 14.0 Å². The van der Waals surface area contributed by atoms with Crippen LogP contribution in [0.25, 0.3) is 11.0 Å². The molecule has 7 heteroatoms. The van der Waals surface area contributed by atoms with Gasteiger partial charge in [-0.3, -0.25) is 9.59 Å². The van der Waals surface area contributed by atoms with Gasteiger partial charge in [-0.1, -0.05) is 54.6 Å². The zero-order valence-corrected chi connectivity index (χ0v) is 22.9. The van der Waals surface area contributed by atoms with Crippen LogP contribution in [0.5, 0.6) is 11.5 Å². The maximum Gasteiger partial charge on any atom is 0.291 e. The van der Waals surface area contributed by atoms with Crippen molar-refractivity contribution in [2.24, 2.45) is 0 Å². The second kappa shape index (κ2) is 10.6. The summed E-state index contributed by atoms with van der Waals surface area (Å²) in [6.45, 7) is 4.28. The number of hydrogen-bond acceptors (Lipinski definition) is 5. The molecule has 0 saturated heterocycles. The molecule has 0 bridgehead atoms. The van der Waals surface area contributed by atoms with Crippen LogP contribution in [-0.4, -0.2) is 17.9 Å². The minimum absolute atomic E-state index is 0.0185. The minimum atomic E-state index is -0.749. The first-order chi connectivity index (χ1) is 19.8. The van der Waals surface area contributed by atoms with Gasteiger partial charge in [0.25, 0.3) is 5.91 Å². The molecule has 1 amide bonds. The zero-order valence-electron chi connectivity index (χ0n) is 22.9. The predicted molar refractivity (Wildman–Crippen MR) is 154 cm³/mol. The molecule has 0 saturated carbocycles. The molecule has 0 fully saturated rings. The largest absolute Gasteiger partial charge is 0.493 e. The van der Waals surface area contributed by atoms with Crippen LogP contribution in [0, 0.1) is 19.7 Å². The van der Waals surface area contributed by atoms with Crippen molar-refractivity contribution in [1.29, 1.82) is 0 Å². The summed E-state index contributed by atoms with van der Waals surface area (Å²) in [5.41, 5.74) is 4.52. The van der Waals surface area contributed by atoms with E-state index in [0.717, 1.165) is 22.3 Å². The lowest BCUT2D eigenvalue weighted by Crippen LogP contribution is -2.29. The van der Waals surface area contributed by atoms with Gasteiger partial charge in [0.1, 0.15) is 18.0 Å². The first-order valence-electron chi connectivity index (χ1n) is 13.3. The van der Waals surface area contributed by atoms with E-state index in [2.05, 4.69) is 0 Å². The molecule has 1 aliphatic rings. The van der Waals surface area contributed by atoms with Crippen molar-refractivity contribution >= 4 is 16.9 Å². The van der Waals surface area contributed by atoms with Crippen LogP contribution in [0.3, 0.4) is 0 Å². The first kappa shape index (κ1) is 26.3. The zero-order chi connectivity index (χ0) is 28.7. The second-order valence-electron chi connectivity index (χ2n) is 10.3. The Bertz CT molecular complexity index is 1830. The molecular formula is C34H28FNO5. The molecular weight excluding hydrogens is 521 g/mol. The van der Waals surface area contributed by atoms with Gasteiger partial charge in [-0.15, -0.1) is 0 Å². The lowest BCUT2D eigenvalue weighted by Gasteiger charge is -2.26. The molecule has 4 aromatic carbocycles. The quantitative estimate of drug-likeness (QED) is 0.221. The van der Waals surface area contributed by atoms with Gasteiger partial charge < -0.3 is 18.8 Å². The Morgan fingerprint density at radius 1 is 0.878 bits per heavy atom. The Morgan fingerprint density at radius 3 is 2.37 bits per heavy atom. The maximum absolute atomic E-state index is 14.0. The SMILES string of the molecule is COc1cc(C2c3c(oc4c(C)cc(C)cc4c3=O)C(=O)N2Cc2ccc(F)cc2)ccc1OCc1ccccc1. The Balaban J connectivity index is 1.47. The lowest BCUT2D eigenvalue weighted by atomic mass is 9.96. The van der Waals surface area contributed by atoms with Crippen molar-refractivity contribution in [3.63, 3.8) is 0 Å². The van der Waals surface area contributed by atoms with E-state index in [0.29, 0.717) is 34.6 Å². The molecule has 41 heavy (non-hydrogen) atoms. The van der Waals surface area contributed by atoms with Gasteiger partial charge in [-0.2, -0.15) is 0 Å². The number of halogens is 1. The fourth-order valence-electron chi connectivity index (χ4n) is 5.48. The van der Waals surface area contributed by atoms with Gasteiger partial charge in [0.15, 0.2) is 16.9 Å². The number of amides is 1. The van der Waals surface area contributed by atoms with Crippen LogP contribution < -0.4 is 14.9 Å². The van der Waals surface area contributed by atoms with Crippen LogP contribution in [0.2, 0.25) is 0 Å². The smallest absolute Gasteiger partial charge is 0.291 e. The van der Waals surface area contributed by atoms with Gasteiger partial charge >= 0.3 is 0 Å². The van der Waals surface area contributed by atoms with E-state index in [1.165, 1.54) is 12.1 Å². The molecule has 0 spiro atoms. The van der Waals surface area contributed by atoms with E-state index in [1.54, 1.807) is 42.3 Å². The number of carbonyl (C=O) groups excluding carboxylic acids is 1. The fraction of sp³-hybridized carbons (Fsp3) is 0.176. The summed E-state index contributed by atoms with van der Waals surface area (Å²) in [4.78, 5) is 29.5. The molecule has 2 heterocycles. The van der Waals surface area contributed by atoms with Gasteiger partial charge in [-0.05, 0) is 72.0 Å². The fourth-order valence-corrected chi connectivity index (χ4v) is 5.48. The van der Waals surface area contributed by atoms with Crippen molar-refractivity contribution in [3.05, 3.63) is 140 Å². The summed E-state index contributed by atoms with van der Waals surface area (Å²) in [6.07, 6.45) is 0. The van der Waals surface area contributed by atoms with Crippen LogP contribution in [0.15, 0.2) is 94.1 Å². The van der Waals surface area contributed by atoms with E-state index in [4.69, 9.17) is 13.9 Å². The molecule has 0 N–H and O–H groups in total. The van der Waals surface area contributed by atoms with Gasteiger partial charge in [0, 0.05) is 6.54 Å². The normalized spacial score (nSPS) is 14.4. The molecule has 6 nitrogen and oxygen atoms in total. The number of benzene rings is 4. The average Bonchev–Trinajstić information content (AvgIpc) is 3.25. The van der Waals surface area contributed by atoms with Crippen molar-refractivity contribution in [2.75, 3.05) is 7.11 Å². The van der Waals surface area contributed by atoms with Crippen LogP contribution in [-0.2, 0) is 13.2 Å². The highest BCUT2D eigenvalue weighted by atomic mass is 19.1. The molecule has 206 valence electrons. The Labute approximate surface area is 236 Å². The molecule has 1 unspecified atom stereocenters. The number of hydrogen-bond donors (Lipinski definition) is 0. The van der Waals surface area contributed by atoms with E-state index >= 15 is 0 Å². The van der Waals surface area contributed by atoms with Gasteiger partial charge in [0.2, 0.25) is 5.76 Å². The first-order valence-corrected chi connectivity index (χ1v) is 13.3. The molecule has 1 atom stereocenters. The average molecular weight is 550 g/mol. The number of nitrogens with zero attached hydrogens (tertiary/aromatic N) is 1. The van der Waals surface area contributed by atoms with Crippen molar-refractivity contribution < 1.29 is 23.1 Å². The number of rotatable bonds is 7. The highest BCUT2D eigenvalue weighted by molar-refractivity contribution is 5.99. The van der Waals surface area contributed by atoms with E-state index in [1.807, 2.05) is 56.3 Å². The second-order valence-corrected chi connectivity index (χ2v) is 10.3. The third kappa shape index (κ3) is 4.84. The third-order valence-electron chi connectivity index (χ3n) is 7.40. The highest BCUT2D eigenvalue weighted by Crippen LogP contribution is 2.42. The van der Waals surface area contributed by atoms with E-state index < -0.39 is 11.9 Å². The summed E-state index contributed by atoms with van der Waals surface area (Å²) < 4.78 is 31.5. The summed E-state index contributed by atoms with van der Waals surface area (Å²) >= 11 is 0. The lowest BCUT2D eigenvalue weighted by molar-refractivity contribution is 0.0714. The van der Waals surface area contributed by atoms with Crippen LogP contribution in [0.1, 0.15) is 50.0 Å². The number of fused-ring (bicyclic) bond motifs is 2. The molecule has 0 aliphatic carbocycles.